The van der Waals surface area contributed by atoms with E-state index in [0.717, 1.165) is 0 Å². The van der Waals surface area contributed by atoms with Crippen molar-refractivity contribution in [2.45, 2.75) is 44.6 Å². The van der Waals surface area contributed by atoms with Gasteiger partial charge in [-0.05, 0) is 37.0 Å². The number of halogens is 4. The van der Waals surface area contributed by atoms with Crippen molar-refractivity contribution in [3.8, 4) is 0 Å². The Bertz CT molecular complexity index is 767. The number of rotatable bonds is 8. The molecule has 0 aromatic heterocycles. The maximum Gasteiger partial charge on any atom is 0.490 e. The number of esters is 2. The standard InChI is InChI=1S/C19H20F4NO5/c1-10(16(24)25)15(29-18(27)19(21,22)23)9-12-8-14(28-17(12)26)6-5-11-3-2-4-13(20)7-11/h2-4,6-7,10,12,14-15H,5,8-9H2,1H3,(H2,24,25). The van der Waals surface area contributed by atoms with Gasteiger partial charge < -0.3 is 15.2 Å². The van der Waals surface area contributed by atoms with Crippen molar-refractivity contribution in [1.29, 1.82) is 0 Å². The van der Waals surface area contributed by atoms with Gasteiger partial charge in [0.15, 0.2) is 0 Å². The number of hydrogen-bond donors (Lipinski definition) is 1. The molecule has 0 bridgehead atoms. The fraction of sp³-hybridized carbons (Fsp3) is 0.474. The first kappa shape index (κ1) is 22.6. The molecule has 1 fully saturated rings. The number of hydrogen-bond acceptors (Lipinski definition) is 5. The first-order chi connectivity index (χ1) is 13.5. The predicted molar refractivity (Wildman–Crippen MR) is 91.3 cm³/mol. The zero-order chi connectivity index (χ0) is 21.8. The topological polar surface area (TPSA) is 95.7 Å². The highest BCUT2D eigenvalue weighted by Crippen LogP contribution is 2.31. The van der Waals surface area contributed by atoms with E-state index in [0.29, 0.717) is 12.0 Å². The first-order valence-corrected chi connectivity index (χ1v) is 8.82. The van der Waals surface area contributed by atoms with Crippen LogP contribution in [0, 0.1) is 24.1 Å². The second kappa shape index (κ2) is 9.23. The summed E-state index contributed by atoms with van der Waals surface area (Å²) in [7, 11) is 0. The van der Waals surface area contributed by atoms with Crippen LogP contribution in [-0.2, 0) is 30.3 Å². The summed E-state index contributed by atoms with van der Waals surface area (Å²) in [4.78, 5) is 34.6. The fourth-order valence-electron chi connectivity index (χ4n) is 2.96. The van der Waals surface area contributed by atoms with Gasteiger partial charge in [0.25, 0.3) is 0 Å². The molecule has 2 N–H and O–H groups in total. The maximum absolute atomic E-state index is 13.2. The molecule has 1 heterocycles. The van der Waals surface area contributed by atoms with Crippen LogP contribution >= 0.6 is 0 Å². The largest absolute Gasteiger partial charge is 0.490 e. The van der Waals surface area contributed by atoms with Crippen molar-refractivity contribution in [2.75, 3.05) is 0 Å². The molecule has 1 aromatic rings. The molecule has 1 radical (unpaired) electrons. The van der Waals surface area contributed by atoms with Crippen LogP contribution < -0.4 is 5.73 Å². The number of nitrogens with two attached hydrogens (primary N) is 1. The minimum atomic E-state index is -5.24. The Morgan fingerprint density at radius 3 is 2.66 bits per heavy atom. The lowest BCUT2D eigenvalue weighted by Gasteiger charge is -2.24. The molecule has 1 aliphatic heterocycles. The molecule has 159 valence electrons. The molecule has 1 amide bonds. The van der Waals surface area contributed by atoms with E-state index >= 15 is 0 Å². The molecule has 1 aliphatic rings. The Balaban J connectivity index is 1.98. The van der Waals surface area contributed by atoms with E-state index in [4.69, 9.17) is 10.5 Å². The van der Waals surface area contributed by atoms with Gasteiger partial charge >= 0.3 is 18.1 Å². The van der Waals surface area contributed by atoms with E-state index in [9.17, 15) is 31.9 Å². The van der Waals surface area contributed by atoms with Crippen LogP contribution in [-0.4, -0.2) is 36.2 Å². The van der Waals surface area contributed by atoms with Crippen molar-refractivity contribution >= 4 is 17.8 Å². The summed E-state index contributed by atoms with van der Waals surface area (Å²) in [6, 6.07) is 5.84. The molecule has 4 atom stereocenters. The van der Waals surface area contributed by atoms with E-state index in [1.165, 1.54) is 25.1 Å². The molecule has 0 saturated carbocycles. The lowest BCUT2D eigenvalue weighted by molar-refractivity contribution is -0.207. The zero-order valence-electron chi connectivity index (χ0n) is 15.4. The summed E-state index contributed by atoms with van der Waals surface area (Å²) in [6.07, 6.45) is -5.67. The molecular weight excluding hydrogens is 398 g/mol. The normalized spacial score (nSPS) is 21.3. The van der Waals surface area contributed by atoms with Crippen LogP contribution in [0.2, 0.25) is 0 Å². The van der Waals surface area contributed by atoms with Gasteiger partial charge in [-0.3, -0.25) is 9.59 Å². The zero-order valence-corrected chi connectivity index (χ0v) is 15.4. The highest BCUT2D eigenvalue weighted by molar-refractivity contribution is 5.80. The molecule has 6 nitrogen and oxygen atoms in total. The predicted octanol–water partition coefficient (Wildman–Crippen LogP) is 2.49. The van der Waals surface area contributed by atoms with E-state index in [-0.39, 0.29) is 12.8 Å². The smallest absolute Gasteiger partial charge is 0.462 e. The first-order valence-electron chi connectivity index (χ1n) is 8.82. The summed E-state index contributed by atoms with van der Waals surface area (Å²) < 4.78 is 60.3. The Morgan fingerprint density at radius 1 is 1.38 bits per heavy atom. The van der Waals surface area contributed by atoms with Crippen LogP contribution in [0.15, 0.2) is 24.3 Å². The number of primary amides is 1. The van der Waals surface area contributed by atoms with Crippen molar-refractivity contribution in [1.82, 2.24) is 0 Å². The van der Waals surface area contributed by atoms with E-state index in [1.54, 1.807) is 12.5 Å². The van der Waals surface area contributed by atoms with E-state index in [2.05, 4.69) is 4.74 Å². The third-order valence-electron chi connectivity index (χ3n) is 4.64. The van der Waals surface area contributed by atoms with Crippen molar-refractivity contribution in [2.24, 2.45) is 17.6 Å². The van der Waals surface area contributed by atoms with Gasteiger partial charge in [0, 0.05) is 6.42 Å². The molecule has 2 rings (SSSR count). The monoisotopic (exact) mass is 418 g/mol. The average molecular weight is 418 g/mol. The quantitative estimate of drug-likeness (QED) is 0.517. The van der Waals surface area contributed by atoms with Gasteiger partial charge in [0.1, 0.15) is 18.0 Å². The molecule has 1 aromatic carbocycles. The summed E-state index contributed by atoms with van der Waals surface area (Å²) >= 11 is 0. The molecule has 0 aliphatic carbocycles. The third-order valence-corrected chi connectivity index (χ3v) is 4.64. The minimum absolute atomic E-state index is 0.125. The van der Waals surface area contributed by atoms with E-state index < -0.39 is 53.9 Å². The van der Waals surface area contributed by atoms with Crippen LogP contribution in [0.3, 0.4) is 0 Å². The Labute approximate surface area is 164 Å². The summed E-state index contributed by atoms with van der Waals surface area (Å²) in [6.45, 7) is 1.21. The van der Waals surface area contributed by atoms with Gasteiger partial charge in [-0.25, -0.2) is 9.18 Å². The highest BCUT2D eigenvalue weighted by atomic mass is 19.4. The van der Waals surface area contributed by atoms with Crippen molar-refractivity contribution in [3.63, 3.8) is 0 Å². The van der Waals surface area contributed by atoms with Crippen LogP contribution in [0.25, 0.3) is 0 Å². The summed E-state index contributed by atoms with van der Waals surface area (Å²) in [5.74, 6) is -6.63. The van der Waals surface area contributed by atoms with Crippen LogP contribution in [0.5, 0.6) is 0 Å². The van der Waals surface area contributed by atoms with Gasteiger partial charge in [-0.15, -0.1) is 0 Å². The Hall–Kier alpha value is -2.65. The van der Waals surface area contributed by atoms with E-state index in [1.807, 2.05) is 0 Å². The highest BCUT2D eigenvalue weighted by Gasteiger charge is 2.45. The Morgan fingerprint density at radius 2 is 2.07 bits per heavy atom. The molecule has 10 heteroatoms. The molecule has 0 spiro atoms. The van der Waals surface area contributed by atoms with Crippen molar-refractivity contribution in [3.05, 3.63) is 42.1 Å². The second-order valence-electron chi connectivity index (χ2n) is 6.85. The average Bonchev–Trinajstić information content (AvgIpc) is 2.97. The van der Waals surface area contributed by atoms with Crippen molar-refractivity contribution < 1.29 is 41.4 Å². The molecule has 29 heavy (non-hydrogen) atoms. The van der Waals surface area contributed by atoms with Gasteiger partial charge in [-0.1, -0.05) is 19.1 Å². The second-order valence-corrected chi connectivity index (χ2v) is 6.85. The number of amides is 1. The van der Waals surface area contributed by atoms with Crippen LogP contribution in [0.4, 0.5) is 17.6 Å². The van der Waals surface area contributed by atoms with Crippen LogP contribution in [0.1, 0.15) is 25.3 Å². The minimum Gasteiger partial charge on any atom is -0.462 e. The number of benzene rings is 1. The number of carbonyl (C=O) groups excluding carboxylic acids is 3. The maximum atomic E-state index is 13.2. The molecular formula is C19H20F4NO5. The van der Waals surface area contributed by atoms with Gasteiger partial charge in [-0.2, -0.15) is 13.2 Å². The number of alkyl halides is 3. The number of carbonyl (C=O) groups is 3. The SMILES string of the molecule is CC(C(N)=O)C(CC1CC([CH]Cc2cccc(F)c2)OC1=O)OC(=O)C(F)(F)F. The molecule has 1 saturated heterocycles. The lowest BCUT2D eigenvalue weighted by Crippen LogP contribution is -2.39. The summed E-state index contributed by atoms with van der Waals surface area (Å²) in [5, 5.41) is 0. The third kappa shape index (κ3) is 6.43. The Kier molecular flexibility index (Phi) is 7.21. The number of ether oxygens (including phenoxy) is 2. The van der Waals surface area contributed by atoms with Gasteiger partial charge in [0.05, 0.1) is 11.8 Å². The molecule has 4 unspecified atom stereocenters. The number of cyclic esters (lactones) is 1. The fourth-order valence-corrected chi connectivity index (χ4v) is 2.96. The summed E-state index contributed by atoms with van der Waals surface area (Å²) in [5.41, 5.74) is 5.77. The van der Waals surface area contributed by atoms with Gasteiger partial charge in [0.2, 0.25) is 5.91 Å². The lowest BCUT2D eigenvalue weighted by atomic mass is 9.90.